The number of fused-ring (bicyclic) bond motifs is 2. The number of likely N-dealkylation sites (tertiary alicyclic amines) is 1. The second kappa shape index (κ2) is 7.65. The summed E-state index contributed by atoms with van der Waals surface area (Å²) in [6, 6.07) is 7.34. The van der Waals surface area contributed by atoms with E-state index in [-0.39, 0.29) is 6.09 Å². The van der Waals surface area contributed by atoms with Gasteiger partial charge in [0.15, 0.2) is 0 Å². The van der Waals surface area contributed by atoms with Crippen molar-refractivity contribution in [3.8, 4) is 0 Å². The molecule has 3 aliphatic rings. The van der Waals surface area contributed by atoms with E-state index in [4.69, 9.17) is 9.47 Å². The van der Waals surface area contributed by atoms with Crippen molar-refractivity contribution in [1.82, 2.24) is 14.4 Å². The monoisotopic (exact) mass is 397 g/mol. The Morgan fingerprint density at radius 1 is 1.24 bits per heavy atom. The van der Waals surface area contributed by atoms with Gasteiger partial charge >= 0.3 is 6.09 Å². The van der Waals surface area contributed by atoms with Gasteiger partial charge in [-0.1, -0.05) is 12.1 Å². The van der Waals surface area contributed by atoms with Gasteiger partial charge < -0.3 is 23.8 Å². The molecule has 1 amide bonds. The number of hydrogen-bond acceptors (Lipinski definition) is 4. The summed E-state index contributed by atoms with van der Waals surface area (Å²) in [5.41, 5.74) is 4.35. The van der Waals surface area contributed by atoms with Gasteiger partial charge in [0.25, 0.3) is 0 Å². The maximum Gasteiger partial charge on any atom is 0.409 e. The van der Waals surface area contributed by atoms with Crippen LogP contribution in [0.3, 0.4) is 0 Å². The van der Waals surface area contributed by atoms with E-state index in [9.17, 15) is 4.79 Å². The number of benzene rings is 1. The maximum atomic E-state index is 12.2. The predicted molar refractivity (Wildman–Crippen MR) is 112 cm³/mol. The highest BCUT2D eigenvalue weighted by Crippen LogP contribution is 2.45. The molecule has 3 heterocycles. The molecule has 5 rings (SSSR count). The van der Waals surface area contributed by atoms with Crippen molar-refractivity contribution in [3.05, 3.63) is 35.5 Å². The fraction of sp³-hybridized carbons (Fsp3) is 0.609. The number of aryl methyl sites for hydroxylation is 1. The molecule has 0 radical (unpaired) electrons. The van der Waals surface area contributed by atoms with E-state index < -0.39 is 0 Å². The van der Waals surface area contributed by atoms with Crippen molar-refractivity contribution < 1.29 is 14.3 Å². The second-order valence-electron chi connectivity index (χ2n) is 8.93. The normalized spacial score (nSPS) is 27.1. The number of ether oxygens (including phenoxy) is 2. The third-order valence-corrected chi connectivity index (χ3v) is 7.14. The number of amides is 1. The van der Waals surface area contributed by atoms with Crippen molar-refractivity contribution in [2.24, 2.45) is 13.0 Å². The predicted octanol–water partition coefficient (Wildman–Crippen LogP) is 3.00. The van der Waals surface area contributed by atoms with Gasteiger partial charge in [-0.05, 0) is 49.4 Å². The molecule has 0 spiro atoms. The largest absolute Gasteiger partial charge is 0.449 e. The molecule has 6 nitrogen and oxygen atoms in total. The van der Waals surface area contributed by atoms with Crippen LogP contribution in [0.2, 0.25) is 0 Å². The molecule has 1 aliphatic carbocycles. The van der Waals surface area contributed by atoms with Crippen molar-refractivity contribution in [2.45, 2.75) is 31.2 Å². The van der Waals surface area contributed by atoms with Gasteiger partial charge in [-0.2, -0.15) is 0 Å². The number of likely N-dealkylation sites (N-methyl/N-ethyl adjacent to an activating group) is 1. The molecule has 0 saturated carbocycles. The third-order valence-electron chi connectivity index (χ3n) is 7.14. The summed E-state index contributed by atoms with van der Waals surface area (Å²) in [4.78, 5) is 16.5. The van der Waals surface area contributed by atoms with Crippen LogP contribution < -0.4 is 0 Å². The Balaban J connectivity index is 1.26. The molecule has 2 aliphatic heterocycles. The number of piperidine rings is 1. The minimum absolute atomic E-state index is 0.188. The highest BCUT2D eigenvalue weighted by atomic mass is 16.6. The Labute approximate surface area is 172 Å². The first-order valence-electron chi connectivity index (χ1n) is 10.9. The lowest BCUT2D eigenvalue weighted by Gasteiger charge is -2.45. The van der Waals surface area contributed by atoms with E-state index in [0.717, 1.165) is 19.4 Å². The van der Waals surface area contributed by atoms with E-state index >= 15 is 0 Å². The zero-order chi connectivity index (χ0) is 20.0. The number of carbonyl (C=O) groups is 1. The lowest BCUT2D eigenvalue weighted by Crippen LogP contribution is -2.48. The molecule has 2 saturated heterocycles. The molecule has 1 aromatic heterocycles. The molecule has 156 valence electrons. The summed E-state index contributed by atoms with van der Waals surface area (Å²) in [5.74, 6) is 1.12. The zero-order valence-electron chi connectivity index (χ0n) is 17.5. The first-order chi connectivity index (χ1) is 14.1. The van der Waals surface area contributed by atoms with E-state index in [1.54, 1.807) is 4.90 Å². The molecule has 0 N–H and O–H groups in total. The Hall–Kier alpha value is -2.05. The first-order valence-corrected chi connectivity index (χ1v) is 10.9. The minimum Gasteiger partial charge on any atom is -0.449 e. The quantitative estimate of drug-likeness (QED) is 0.799. The molecule has 3 atom stereocenters. The lowest BCUT2D eigenvalue weighted by atomic mass is 9.72. The zero-order valence-corrected chi connectivity index (χ0v) is 17.5. The van der Waals surface area contributed by atoms with E-state index in [1.165, 1.54) is 28.5 Å². The average Bonchev–Trinajstić information content (AvgIpc) is 3.06. The van der Waals surface area contributed by atoms with Crippen LogP contribution in [0, 0.1) is 5.92 Å². The number of hydrogen-bond donors (Lipinski definition) is 0. The number of aromatic nitrogens is 1. The SMILES string of the molecule is CN1CC(CCOC(=O)N2CCOCC2)C[C@H]2c3cccc4c3c(cn4C)C[C@@H]21. The fourth-order valence-electron chi connectivity index (χ4n) is 5.69. The van der Waals surface area contributed by atoms with E-state index in [0.29, 0.717) is 50.8 Å². The molecule has 2 fully saturated rings. The van der Waals surface area contributed by atoms with Crippen LogP contribution in [0.25, 0.3) is 10.9 Å². The van der Waals surface area contributed by atoms with Crippen LogP contribution in [0.5, 0.6) is 0 Å². The number of nitrogens with zero attached hydrogens (tertiary/aromatic N) is 3. The minimum atomic E-state index is -0.188. The van der Waals surface area contributed by atoms with Gasteiger partial charge in [0.1, 0.15) is 0 Å². The number of carbonyl (C=O) groups excluding carboxylic acids is 1. The van der Waals surface area contributed by atoms with Crippen LogP contribution in [-0.4, -0.2) is 73.0 Å². The highest BCUT2D eigenvalue weighted by Gasteiger charge is 2.39. The molecule has 2 aromatic rings. The average molecular weight is 398 g/mol. The topological polar surface area (TPSA) is 46.9 Å². The summed E-state index contributed by atoms with van der Waals surface area (Å²) >= 11 is 0. The van der Waals surface area contributed by atoms with Gasteiger partial charge in [0.2, 0.25) is 0 Å². The van der Waals surface area contributed by atoms with Gasteiger partial charge in [-0.15, -0.1) is 0 Å². The molecule has 1 unspecified atom stereocenters. The van der Waals surface area contributed by atoms with Crippen LogP contribution in [-0.2, 0) is 22.9 Å². The second-order valence-corrected chi connectivity index (χ2v) is 8.93. The molecule has 1 aromatic carbocycles. The summed E-state index contributed by atoms with van der Waals surface area (Å²) in [6.45, 7) is 4.08. The van der Waals surface area contributed by atoms with Crippen molar-refractivity contribution in [3.63, 3.8) is 0 Å². The van der Waals surface area contributed by atoms with Gasteiger partial charge in [0, 0.05) is 55.7 Å². The fourth-order valence-corrected chi connectivity index (χ4v) is 5.69. The highest BCUT2D eigenvalue weighted by molar-refractivity contribution is 5.89. The standard InChI is InChI=1S/C23H31N3O3/c1-24-14-16(6-9-29-23(27)26-7-10-28-11-8-26)12-19-18-4-3-5-20-22(18)17(13-21(19)24)15-25(20)2/h3-5,15-16,19,21H,6-14H2,1-2H3/t16?,19-,21-/m0/s1. The molecule has 0 bridgehead atoms. The maximum absolute atomic E-state index is 12.2. The summed E-state index contributed by atoms with van der Waals surface area (Å²) in [7, 11) is 4.41. The Morgan fingerprint density at radius 2 is 2.07 bits per heavy atom. The molecule has 29 heavy (non-hydrogen) atoms. The molecular weight excluding hydrogens is 366 g/mol. The Bertz CT molecular complexity index is 902. The molecular formula is C23H31N3O3. The summed E-state index contributed by atoms with van der Waals surface area (Å²) in [6.07, 6.45) is 5.37. The number of morpholine rings is 1. The number of rotatable bonds is 3. The van der Waals surface area contributed by atoms with Crippen molar-refractivity contribution in [2.75, 3.05) is 46.5 Å². The Kier molecular flexibility index (Phi) is 5.00. The van der Waals surface area contributed by atoms with Crippen molar-refractivity contribution in [1.29, 1.82) is 0 Å². The van der Waals surface area contributed by atoms with Crippen LogP contribution >= 0.6 is 0 Å². The van der Waals surface area contributed by atoms with Crippen molar-refractivity contribution >= 4 is 17.0 Å². The van der Waals surface area contributed by atoms with Gasteiger partial charge in [-0.3, -0.25) is 0 Å². The van der Waals surface area contributed by atoms with E-state index in [1.807, 2.05) is 0 Å². The third kappa shape index (κ3) is 3.42. The van der Waals surface area contributed by atoms with Crippen LogP contribution in [0.1, 0.15) is 29.9 Å². The first kappa shape index (κ1) is 18.9. The Morgan fingerprint density at radius 3 is 2.90 bits per heavy atom. The molecule has 6 heteroatoms. The van der Waals surface area contributed by atoms with Crippen LogP contribution in [0.4, 0.5) is 4.79 Å². The van der Waals surface area contributed by atoms with Gasteiger partial charge in [0.05, 0.1) is 19.8 Å². The smallest absolute Gasteiger partial charge is 0.409 e. The van der Waals surface area contributed by atoms with Gasteiger partial charge in [-0.25, -0.2) is 4.79 Å². The summed E-state index contributed by atoms with van der Waals surface area (Å²) in [5, 5.41) is 1.48. The lowest BCUT2D eigenvalue weighted by molar-refractivity contribution is 0.0232. The van der Waals surface area contributed by atoms with E-state index in [2.05, 4.69) is 48.0 Å². The van der Waals surface area contributed by atoms with Crippen LogP contribution in [0.15, 0.2) is 24.4 Å². The summed E-state index contributed by atoms with van der Waals surface area (Å²) < 4.78 is 13.2.